The van der Waals surface area contributed by atoms with E-state index in [9.17, 15) is 0 Å². The standard InChI is InChI=1S/C73H86BN3O/c1-65(2,3)44-20-24-47(25-21-44)75(48-26-22-45(23-27-48)66(4,5)6)50-39-58-62-59(40-50)77-63-56(72(16)30-18-19-31-73(72,77)17)36-46-37-57(63)74(62)61-51-41-55-54(69(11,12)34-35-71(55,15)43-70(46,13)14)42-60(51)78-64(61)76(58)49-28-29-52-53(38-49)68(9,10)33-32-67(52,7)8/h20-29,36-42H,18-19,30-35,43H2,1-17H3. The van der Waals surface area contributed by atoms with E-state index in [4.69, 9.17) is 4.42 Å². The summed E-state index contributed by atoms with van der Waals surface area (Å²) in [5, 5.41) is 1.29. The summed E-state index contributed by atoms with van der Waals surface area (Å²) < 4.78 is 7.84. The number of fused-ring (bicyclic) bond motifs is 6. The zero-order valence-electron chi connectivity index (χ0n) is 50.5. The molecule has 0 spiro atoms. The van der Waals surface area contributed by atoms with Crippen molar-refractivity contribution in [3.8, 4) is 0 Å². The van der Waals surface area contributed by atoms with Crippen molar-refractivity contribution < 1.29 is 4.42 Å². The molecule has 14 rings (SSSR count). The first-order chi connectivity index (χ1) is 36.5. The lowest BCUT2D eigenvalue weighted by atomic mass is 9.33. The average molecular weight is 1030 g/mol. The predicted octanol–water partition coefficient (Wildman–Crippen LogP) is 18.2. The SMILES string of the molecule is CC(C)(C)c1ccc(N(c2ccc(C(C)(C)C)cc2)c2cc3c4c(c2)N2c5c6cc(cc5C5(C)CCCCC25C)C(C)(C)CC2(C)CCC(C)(C)c5cc7oc(c(c7cc52)B64)N3c2ccc3c(c2)C(C)(C)CCC3(C)C)cc1. The summed E-state index contributed by atoms with van der Waals surface area (Å²) in [5.74, 6) is 0.981. The monoisotopic (exact) mass is 1030 g/mol. The van der Waals surface area contributed by atoms with Crippen molar-refractivity contribution in [2.24, 2.45) is 0 Å². The minimum atomic E-state index is -0.152. The van der Waals surface area contributed by atoms with Gasteiger partial charge in [0, 0.05) is 50.4 Å². The van der Waals surface area contributed by atoms with Gasteiger partial charge in [-0.3, -0.25) is 4.90 Å². The van der Waals surface area contributed by atoms with Crippen LogP contribution in [-0.2, 0) is 43.3 Å². The molecule has 78 heavy (non-hydrogen) atoms. The third-order valence-electron chi connectivity index (χ3n) is 22.4. The zero-order valence-corrected chi connectivity index (χ0v) is 50.5. The highest BCUT2D eigenvalue weighted by Gasteiger charge is 2.63. The molecule has 4 bridgehead atoms. The van der Waals surface area contributed by atoms with E-state index in [1.807, 2.05) is 0 Å². The molecule has 7 aromatic rings. The van der Waals surface area contributed by atoms with E-state index >= 15 is 0 Å². The number of anilines is 8. The van der Waals surface area contributed by atoms with Crippen LogP contribution in [0.2, 0.25) is 0 Å². The summed E-state index contributed by atoms with van der Waals surface area (Å²) in [4.78, 5) is 8.14. The molecule has 0 amide bonds. The lowest BCUT2D eigenvalue weighted by molar-refractivity contribution is 0.194. The van der Waals surface area contributed by atoms with E-state index < -0.39 is 0 Å². The molecule has 1 aromatic heterocycles. The molecule has 5 heteroatoms. The molecule has 5 heterocycles. The van der Waals surface area contributed by atoms with E-state index in [0.717, 1.165) is 48.5 Å². The maximum Gasteiger partial charge on any atom is 0.257 e. The van der Waals surface area contributed by atoms with Crippen LogP contribution < -0.4 is 31.1 Å². The molecule has 4 nitrogen and oxygen atoms in total. The summed E-state index contributed by atoms with van der Waals surface area (Å²) in [6, 6.07) is 42.4. The molecule has 0 saturated heterocycles. The Morgan fingerprint density at radius 2 is 1.08 bits per heavy atom. The lowest BCUT2D eigenvalue weighted by Crippen LogP contribution is -2.64. The molecule has 0 N–H and O–H groups in total. The highest BCUT2D eigenvalue weighted by atomic mass is 16.4. The fourth-order valence-corrected chi connectivity index (χ4v) is 17.2. The summed E-state index contributed by atoms with van der Waals surface area (Å²) in [7, 11) is 0. The van der Waals surface area contributed by atoms with Crippen molar-refractivity contribution in [2.75, 3.05) is 14.7 Å². The van der Waals surface area contributed by atoms with Crippen molar-refractivity contribution in [1.29, 1.82) is 0 Å². The molecular formula is C73H86BN3O. The predicted molar refractivity (Wildman–Crippen MR) is 333 cm³/mol. The van der Waals surface area contributed by atoms with Crippen LogP contribution in [-0.4, -0.2) is 12.3 Å². The molecule has 7 aliphatic rings. The number of benzene rings is 6. The van der Waals surface area contributed by atoms with Crippen LogP contribution in [0.15, 0.2) is 108 Å². The third-order valence-corrected chi connectivity index (χ3v) is 22.4. The summed E-state index contributed by atoms with van der Waals surface area (Å²) in [6.07, 6.45) is 10.6. The van der Waals surface area contributed by atoms with Gasteiger partial charge in [-0.15, -0.1) is 0 Å². The normalized spacial score (nSPS) is 25.3. The summed E-state index contributed by atoms with van der Waals surface area (Å²) >= 11 is 0. The van der Waals surface area contributed by atoms with Gasteiger partial charge in [0.05, 0.1) is 11.2 Å². The second-order valence-corrected chi connectivity index (χ2v) is 31.4. The van der Waals surface area contributed by atoms with Gasteiger partial charge in [0.15, 0.2) is 0 Å². The Balaban J connectivity index is 1.15. The van der Waals surface area contributed by atoms with Crippen molar-refractivity contribution in [3.05, 3.63) is 148 Å². The Bertz CT molecular complexity index is 3650. The van der Waals surface area contributed by atoms with E-state index in [-0.39, 0.29) is 55.6 Å². The Morgan fingerprint density at radius 1 is 0.500 bits per heavy atom. The van der Waals surface area contributed by atoms with Gasteiger partial charge in [-0.1, -0.05) is 166 Å². The minimum absolute atomic E-state index is 0.00991. The Labute approximate surface area is 468 Å². The van der Waals surface area contributed by atoms with Crippen LogP contribution in [0, 0.1) is 0 Å². The fourth-order valence-electron chi connectivity index (χ4n) is 17.2. The summed E-state index contributed by atoms with van der Waals surface area (Å²) in [6.45, 7) is 41.8. The second kappa shape index (κ2) is 15.6. The molecule has 3 atom stereocenters. The Kier molecular flexibility index (Phi) is 10.1. The van der Waals surface area contributed by atoms with E-state index in [1.54, 1.807) is 5.56 Å². The highest BCUT2D eigenvalue weighted by molar-refractivity contribution is 7.01. The smallest absolute Gasteiger partial charge is 0.257 e. The first-order valence-electron chi connectivity index (χ1n) is 30.2. The van der Waals surface area contributed by atoms with E-state index in [1.165, 1.54) is 121 Å². The molecule has 402 valence electrons. The average Bonchev–Trinajstić information content (AvgIpc) is 2.44. The quantitative estimate of drug-likeness (QED) is 0.164. The molecule has 3 aliphatic carbocycles. The Hall–Kier alpha value is -5.68. The van der Waals surface area contributed by atoms with Crippen LogP contribution >= 0.6 is 0 Å². The molecule has 6 aromatic carbocycles. The fraction of sp³-hybridized carbons (Fsp3) is 0.479. The third kappa shape index (κ3) is 6.78. The largest absolute Gasteiger partial charge is 0.440 e. The maximum atomic E-state index is 7.84. The molecule has 4 aliphatic heterocycles. The molecule has 1 fully saturated rings. The summed E-state index contributed by atoms with van der Waals surface area (Å²) in [5.41, 5.74) is 25.5. The molecular weight excluding hydrogens is 946 g/mol. The van der Waals surface area contributed by atoms with E-state index in [0.29, 0.717) is 0 Å². The van der Waals surface area contributed by atoms with Gasteiger partial charge < -0.3 is 14.2 Å². The molecule has 1 saturated carbocycles. The number of rotatable bonds is 4. The Morgan fingerprint density at radius 3 is 1.71 bits per heavy atom. The van der Waals surface area contributed by atoms with Crippen molar-refractivity contribution in [3.63, 3.8) is 0 Å². The van der Waals surface area contributed by atoms with Crippen molar-refractivity contribution >= 4 is 79.8 Å². The van der Waals surface area contributed by atoms with Crippen LogP contribution in [0.5, 0.6) is 0 Å². The molecule has 3 unspecified atom stereocenters. The highest BCUT2D eigenvalue weighted by Crippen LogP contribution is 2.64. The van der Waals surface area contributed by atoms with Crippen molar-refractivity contribution in [1.82, 2.24) is 0 Å². The van der Waals surface area contributed by atoms with E-state index in [2.05, 4.69) is 236 Å². The first kappa shape index (κ1) is 50.5. The number of hydrogen-bond donors (Lipinski definition) is 0. The van der Waals surface area contributed by atoms with Gasteiger partial charge in [-0.2, -0.15) is 0 Å². The minimum Gasteiger partial charge on any atom is -0.440 e. The van der Waals surface area contributed by atoms with Gasteiger partial charge in [0.1, 0.15) is 5.58 Å². The second-order valence-electron chi connectivity index (χ2n) is 31.4. The van der Waals surface area contributed by atoms with Crippen molar-refractivity contribution in [2.45, 2.75) is 224 Å². The zero-order chi connectivity index (χ0) is 55.0. The van der Waals surface area contributed by atoms with Gasteiger partial charge >= 0.3 is 0 Å². The molecule has 0 radical (unpaired) electrons. The van der Waals surface area contributed by atoms with Crippen LogP contribution in [0.25, 0.3) is 11.0 Å². The number of nitrogens with zero attached hydrogens (tertiary/aromatic N) is 3. The maximum absolute atomic E-state index is 7.84. The van der Waals surface area contributed by atoms with Gasteiger partial charge in [-0.05, 0) is 206 Å². The lowest BCUT2D eigenvalue weighted by Gasteiger charge is -2.52. The number of furan rings is 1. The van der Waals surface area contributed by atoms with Gasteiger partial charge in [0.2, 0.25) is 5.88 Å². The van der Waals surface area contributed by atoms with Gasteiger partial charge in [-0.25, -0.2) is 0 Å². The van der Waals surface area contributed by atoms with Crippen LogP contribution in [0.4, 0.5) is 45.7 Å². The van der Waals surface area contributed by atoms with Gasteiger partial charge in [0.25, 0.3) is 6.71 Å². The first-order valence-corrected chi connectivity index (χ1v) is 30.2. The number of hydrogen-bond acceptors (Lipinski definition) is 4. The van der Waals surface area contributed by atoms with Crippen LogP contribution in [0.1, 0.15) is 220 Å². The van der Waals surface area contributed by atoms with Crippen LogP contribution in [0.3, 0.4) is 0 Å². The topological polar surface area (TPSA) is 22.9 Å².